The Hall–Kier alpha value is -0.940. The van der Waals surface area contributed by atoms with E-state index in [4.69, 9.17) is 9.84 Å². The minimum Gasteiger partial charge on any atom is -0.396 e. The van der Waals surface area contributed by atoms with Gasteiger partial charge in [-0.15, -0.1) is 0 Å². The molecule has 3 aliphatic rings. The zero-order valence-electron chi connectivity index (χ0n) is 23.6. The van der Waals surface area contributed by atoms with E-state index < -0.39 is 11.7 Å². The van der Waals surface area contributed by atoms with Crippen LogP contribution in [0.1, 0.15) is 111 Å². The molecule has 3 rings (SSSR count). The van der Waals surface area contributed by atoms with Crippen LogP contribution in [-0.2, 0) is 4.74 Å². The number of hydrogen-bond donors (Lipinski definition) is 3. The molecule has 206 valence electrons. The second kappa shape index (κ2) is 13.2. The van der Waals surface area contributed by atoms with Crippen LogP contribution in [0.15, 0.2) is 35.5 Å². The smallest absolute Gasteiger partial charge is 0.105 e. The van der Waals surface area contributed by atoms with Crippen molar-refractivity contribution in [3.63, 3.8) is 0 Å². The lowest BCUT2D eigenvalue weighted by Crippen LogP contribution is -2.36. The number of fused-ring (bicyclic) bond motifs is 1. The van der Waals surface area contributed by atoms with E-state index in [0.29, 0.717) is 30.3 Å². The molecule has 0 aromatic heterocycles. The maximum absolute atomic E-state index is 10.7. The van der Waals surface area contributed by atoms with Crippen molar-refractivity contribution in [1.82, 2.24) is 0 Å². The Morgan fingerprint density at radius 3 is 2.58 bits per heavy atom. The standard InChI is InChI=1S/C32H54O4/c1-6-32(35,7-2)20-8-11-23(3)27-16-17-28-26(12-9-19-31(27,28)5)14-13-25-15-18-29(30(34)24(25)4)36-22-10-21-33/h13-14,23,27-30,33-35H,4,6-12,15-22H2,1-3,5H3/b25-13-,26-14+/t23-,27?,28?,29-,30?,31?/m1/s1. The summed E-state index contributed by atoms with van der Waals surface area (Å²) in [5.74, 6) is 2.13. The van der Waals surface area contributed by atoms with Crippen LogP contribution in [0.5, 0.6) is 0 Å². The lowest BCUT2D eigenvalue weighted by Gasteiger charge is -2.44. The lowest BCUT2D eigenvalue weighted by molar-refractivity contribution is -0.0346. The Labute approximate surface area is 220 Å². The van der Waals surface area contributed by atoms with Gasteiger partial charge < -0.3 is 20.1 Å². The van der Waals surface area contributed by atoms with E-state index in [2.05, 4.69) is 46.4 Å². The highest BCUT2D eigenvalue weighted by Gasteiger charge is 2.50. The second-order valence-corrected chi connectivity index (χ2v) is 12.3. The van der Waals surface area contributed by atoms with E-state index in [1.54, 1.807) is 5.57 Å². The van der Waals surface area contributed by atoms with Crippen LogP contribution in [0.2, 0.25) is 0 Å². The van der Waals surface area contributed by atoms with Crippen LogP contribution < -0.4 is 0 Å². The molecular weight excluding hydrogens is 448 g/mol. The number of aliphatic hydroxyl groups is 3. The first-order valence-corrected chi connectivity index (χ1v) is 14.9. The van der Waals surface area contributed by atoms with E-state index >= 15 is 0 Å². The van der Waals surface area contributed by atoms with Gasteiger partial charge in [-0.2, -0.15) is 0 Å². The lowest BCUT2D eigenvalue weighted by atomic mass is 9.60. The van der Waals surface area contributed by atoms with E-state index in [1.807, 2.05) is 0 Å². The summed E-state index contributed by atoms with van der Waals surface area (Å²) < 4.78 is 5.78. The molecule has 0 radical (unpaired) electrons. The van der Waals surface area contributed by atoms with Gasteiger partial charge in [-0.3, -0.25) is 0 Å². The quantitative estimate of drug-likeness (QED) is 0.254. The summed E-state index contributed by atoms with van der Waals surface area (Å²) >= 11 is 0. The van der Waals surface area contributed by atoms with Gasteiger partial charge in [0.1, 0.15) is 6.10 Å². The fourth-order valence-electron chi connectivity index (χ4n) is 7.67. The van der Waals surface area contributed by atoms with Gasteiger partial charge in [-0.25, -0.2) is 0 Å². The molecule has 3 N–H and O–H groups in total. The third-order valence-corrected chi connectivity index (χ3v) is 10.3. The van der Waals surface area contributed by atoms with Gasteiger partial charge in [0.05, 0.1) is 11.7 Å². The fraction of sp³-hybridized carbons (Fsp3) is 0.812. The number of hydrogen-bond acceptors (Lipinski definition) is 4. The third-order valence-electron chi connectivity index (χ3n) is 10.3. The maximum atomic E-state index is 10.7. The van der Waals surface area contributed by atoms with E-state index in [9.17, 15) is 10.2 Å². The molecule has 6 atom stereocenters. The number of ether oxygens (including phenoxy) is 1. The summed E-state index contributed by atoms with van der Waals surface area (Å²) in [4.78, 5) is 0. The van der Waals surface area contributed by atoms with Gasteiger partial charge >= 0.3 is 0 Å². The predicted octanol–water partition coefficient (Wildman–Crippen LogP) is 6.89. The second-order valence-electron chi connectivity index (χ2n) is 12.3. The SMILES string of the molecule is C=C1/C(=C\C=C2/CCCC3(C)C2CCC3[C@H](C)CCCC(O)(CC)CC)CC[C@@H](OCCCO)C1O. The van der Waals surface area contributed by atoms with Crippen LogP contribution >= 0.6 is 0 Å². The topological polar surface area (TPSA) is 69.9 Å². The Balaban J connectivity index is 1.62. The van der Waals surface area contributed by atoms with Crippen LogP contribution in [0, 0.1) is 23.2 Å². The summed E-state index contributed by atoms with van der Waals surface area (Å²) in [7, 11) is 0. The molecule has 0 saturated heterocycles. The molecule has 0 bridgehead atoms. The summed E-state index contributed by atoms with van der Waals surface area (Å²) in [6, 6.07) is 0. The highest BCUT2D eigenvalue weighted by Crippen LogP contribution is 2.60. The van der Waals surface area contributed by atoms with Crippen molar-refractivity contribution in [3.8, 4) is 0 Å². The van der Waals surface area contributed by atoms with Crippen molar-refractivity contribution in [2.75, 3.05) is 13.2 Å². The Morgan fingerprint density at radius 2 is 1.89 bits per heavy atom. The molecule has 0 aromatic carbocycles. The summed E-state index contributed by atoms with van der Waals surface area (Å²) in [5, 5.41) is 30.4. The zero-order valence-corrected chi connectivity index (χ0v) is 23.6. The minimum absolute atomic E-state index is 0.114. The molecule has 0 spiro atoms. The maximum Gasteiger partial charge on any atom is 0.105 e. The van der Waals surface area contributed by atoms with Gasteiger partial charge in [-0.05, 0) is 105 Å². The van der Waals surface area contributed by atoms with Gasteiger partial charge in [-0.1, -0.05) is 64.8 Å². The highest BCUT2D eigenvalue weighted by molar-refractivity contribution is 5.39. The molecule has 0 amide bonds. The van der Waals surface area contributed by atoms with Gasteiger partial charge in [0.25, 0.3) is 0 Å². The molecule has 3 saturated carbocycles. The molecule has 4 heteroatoms. The van der Waals surface area contributed by atoms with Crippen molar-refractivity contribution in [3.05, 3.63) is 35.5 Å². The largest absolute Gasteiger partial charge is 0.396 e. The Kier molecular flexibility index (Phi) is 10.9. The van der Waals surface area contributed by atoms with E-state index in [1.165, 1.54) is 38.5 Å². The highest BCUT2D eigenvalue weighted by atomic mass is 16.5. The minimum atomic E-state index is -0.659. The van der Waals surface area contributed by atoms with Crippen molar-refractivity contribution in [2.24, 2.45) is 23.2 Å². The van der Waals surface area contributed by atoms with Gasteiger partial charge in [0, 0.05) is 13.2 Å². The van der Waals surface area contributed by atoms with Crippen molar-refractivity contribution in [1.29, 1.82) is 0 Å². The average Bonchev–Trinajstić information content (AvgIpc) is 3.23. The predicted molar refractivity (Wildman–Crippen MR) is 149 cm³/mol. The summed E-state index contributed by atoms with van der Waals surface area (Å²) in [5.41, 5.74) is 3.45. The average molecular weight is 503 g/mol. The fourth-order valence-corrected chi connectivity index (χ4v) is 7.67. The number of rotatable bonds is 12. The van der Waals surface area contributed by atoms with Crippen LogP contribution in [0.25, 0.3) is 0 Å². The van der Waals surface area contributed by atoms with Crippen LogP contribution in [0.4, 0.5) is 0 Å². The summed E-state index contributed by atoms with van der Waals surface area (Å²) in [6.45, 7) is 14.0. The molecular formula is C32H54O4. The number of allylic oxidation sites excluding steroid dienone is 3. The van der Waals surface area contributed by atoms with Crippen LogP contribution in [-0.4, -0.2) is 46.3 Å². The van der Waals surface area contributed by atoms with Crippen molar-refractivity contribution in [2.45, 2.75) is 129 Å². The first kappa shape index (κ1) is 29.6. The normalized spacial score (nSPS) is 34.4. The molecule has 0 aliphatic heterocycles. The van der Waals surface area contributed by atoms with Gasteiger partial charge in [0.2, 0.25) is 0 Å². The molecule has 3 aliphatic carbocycles. The number of aliphatic hydroxyl groups excluding tert-OH is 2. The molecule has 4 unspecified atom stereocenters. The Morgan fingerprint density at radius 1 is 1.14 bits per heavy atom. The molecule has 3 fully saturated rings. The van der Waals surface area contributed by atoms with Crippen LogP contribution in [0.3, 0.4) is 0 Å². The molecule has 36 heavy (non-hydrogen) atoms. The molecule has 0 heterocycles. The van der Waals surface area contributed by atoms with E-state index in [0.717, 1.165) is 55.6 Å². The zero-order chi connectivity index (χ0) is 26.3. The van der Waals surface area contributed by atoms with Gasteiger partial charge in [0.15, 0.2) is 0 Å². The summed E-state index contributed by atoms with van der Waals surface area (Å²) in [6.07, 6.45) is 17.4. The monoisotopic (exact) mass is 502 g/mol. The Bertz CT molecular complexity index is 779. The molecule has 0 aromatic rings. The first-order chi connectivity index (χ1) is 17.2. The molecule has 4 nitrogen and oxygen atoms in total. The third kappa shape index (κ3) is 6.73. The first-order valence-electron chi connectivity index (χ1n) is 14.9. The van der Waals surface area contributed by atoms with Crippen molar-refractivity contribution < 1.29 is 20.1 Å². The van der Waals surface area contributed by atoms with E-state index in [-0.39, 0.29) is 12.7 Å². The van der Waals surface area contributed by atoms with Crippen molar-refractivity contribution >= 4 is 0 Å².